The molecule has 0 radical (unpaired) electrons. The molecule has 4 heteroatoms. The molecule has 0 atom stereocenters. The lowest BCUT2D eigenvalue weighted by Crippen LogP contribution is -2.62. The fourth-order valence-corrected chi connectivity index (χ4v) is 2.93. The topological polar surface area (TPSA) is 41.6 Å². The van der Waals surface area contributed by atoms with Crippen molar-refractivity contribution in [3.8, 4) is 0 Å². The third-order valence-corrected chi connectivity index (χ3v) is 3.89. The largest absolute Gasteiger partial charge is 0.379 e. The van der Waals surface area contributed by atoms with Crippen LogP contribution in [0.4, 0.5) is 0 Å². The van der Waals surface area contributed by atoms with Crippen LogP contribution in [-0.2, 0) is 9.53 Å². The Hall–Kier alpha value is -0.450. The van der Waals surface area contributed by atoms with Gasteiger partial charge < -0.3 is 10.1 Å². The quantitative estimate of drug-likeness (QED) is 0.757. The van der Waals surface area contributed by atoms with Crippen molar-refractivity contribution < 1.29 is 9.53 Å². The summed E-state index contributed by atoms with van der Waals surface area (Å²) in [5.74, 6) is 0.413. The fourth-order valence-electron chi connectivity index (χ4n) is 2.93. The van der Waals surface area contributed by atoms with Crippen LogP contribution in [0.25, 0.3) is 0 Å². The molecule has 92 valence electrons. The molecular weight excluding hydrogens is 204 g/mol. The Morgan fingerprint density at radius 3 is 2.50 bits per heavy atom. The first-order valence-electron chi connectivity index (χ1n) is 6.36. The molecule has 0 aromatic heterocycles. The molecule has 0 amide bonds. The minimum absolute atomic E-state index is 0.191. The highest BCUT2D eigenvalue weighted by Crippen LogP contribution is 2.29. The first kappa shape index (κ1) is 12.0. The summed E-state index contributed by atoms with van der Waals surface area (Å²) >= 11 is 0. The van der Waals surface area contributed by atoms with Gasteiger partial charge in [0.25, 0.3) is 0 Å². The number of carbonyl (C=O) groups is 1. The summed E-state index contributed by atoms with van der Waals surface area (Å²) in [4.78, 5) is 14.6. The zero-order valence-electron chi connectivity index (χ0n) is 10.1. The van der Waals surface area contributed by atoms with Crippen LogP contribution in [0.3, 0.4) is 0 Å². The van der Waals surface area contributed by atoms with Crippen molar-refractivity contribution in [2.75, 3.05) is 39.4 Å². The standard InChI is InChI=1S/C12H22N2O2/c1-2-11(15)12(3-5-13-6-4-12)14-7-9-16-10-8-14/h13H,2-10H2,1H3. The van der Waals surface area contributed by atoms with Gasteiger partial charge in [0.2, 0.25) is 0 Å². The van der Waals surface area contributed by atoms with Gasteiger partial charge in [-0.05, 0) is 25.9 Å². The van der Waals surface area contributed by atoms with E-state index in [0.29, 0.717) is 12.2 Å². The van der Waals surface area contributed by atoms with Gasteiger partial charge in [-0.2, -0.15) is 0 Å². The van der Waals surface area contributed by atoms with Crippen molar-refractivity contribution in [2.24, 2.45) is 0 Å². The van der Waals surface area contributed by atoms with Gasteiger partial charge in [-0.1, -0.05) is 6.92 Å². The molecule has 0 saturated carbocycles. The van der Waals surface area contributed by atoms with Crippen LogP contribution in [0, 0.1) is 0 Å². The first-order valence-corrected chi connectivity index (χ1v) is 6.36. The second-order valence-electron chi connectivity index (χ2n) is 4.66. The Bertz CT molecular complexity index is 243. The number of hydrogen-bond donors (Lipinski definition) is 1. The molecule has 0 unspecified atom stereocenters. The van der Waals surface area contributed by atoms with E-state index in [1.165, 1.54) is 0 Å². The average Bonchev–Trinajstić information content (AvgIpc) is 2.39. The van der Waals surface area contributed by atoms with E-state index in [1.54, 1.807) is 0 Å². The lowest BCUT2D eigenvalue weighted by molar-refractivity contribution is -0.136. The van der Waals surface area contributed by atoms with Crippen LogP contribution in [0.2, 0.25) is 0 Å². The summed E-state index contributed by atoms with van der Waals surface area (Å²) in [6.07, 6.45) is 2.57. The maximum atomic E-state index is 12.3. The van der Waals surface area contributed by atoms with Crippen molar-refractivity contribution in [3.05, 3.63) is 0 Å². The number of Topliss-reactive ketones (excluding diaryl/α,β-unsaturated/α-hetero) is 1. The van der Waals surface area contributed by atoms with Gasteiger partial charge in [0.1, 0.15) is 0 Å². The normalized spacial score (nSPS) is 26.6. The third kappa shape index (κ3) is 2.14. The minimum atomic E-state index is -0.191. The number of morpholine rings is 1. The van der Waals surface area contributed by atoms with Crippen molar-refractivity contribution >= 4 is 5.78 Å². The Morgan fingerprint density at radius 1 is 1.31 bits per heavy atom. The van der Waals surface area contributed by atoms with Gasteiger partial charge in [-0.3, -0.25) is 9.69 Å². The highest BCUT2D eigenvalue weighted by Gasteiger charge is 2.43. The maximum Gasteiger partial charge on any atom is 0.152 e. The van der Waals surface area contributed by atoms with E-state index >= 15 is 0 Å². The number of ketones is 1. The molecule has 2 aliphatic heterocycles. The van der Waals surface area contributed by atoms with Crippen LogP contribution >= 0.6 is 0 Å². The highest BCUT2D eigenvalue weighted by molar-refractivity contribution is 5.88. The van der Waals surface area contributed by atoms with E-state index in [0.717, 1.165) is 52.2 Å². The van der Waals surface area contributed by atoms with Crippen LogP contribution < -0.4 is 5.32 Å². The summed E-state index contributed by atoms with van der Waals surface area (Å²) < 4.78 is 5.38. The van der Waals surface area contributed by atoms with Crippen molar-refractivity contribution in [1.29, 1.82) is 0 Å². The third-order valence-electron chi connectivity index (χ3n) is 3.89. The zero-order valence-corrected chi connectivity index (χ0v) is 10.1. The molecule has 1 N–H and O–H groups in total. The molecule has 2 rings (SSSR count). The van der Waals surface area contributed by atoms with Crippen molar-refractivity contribution in [1.82, 2.24) is 10.2 Å². The Morgan fingerprint density at radius 2 is 1.94 bits per heavy atom. The molecule has 0 bridgehead atoms. The molecule has 2 aliphatic rings. The second-order valence-corrected chi connectivity index (χ2v) is 4.66. The number of carbonyl (C=O) groups excluding carboxylic acids is 1. The van der Waals surface area contributed by atoms with E-state index in [2.05, 4.69) is 10.2 Å². The van der Waals surface area contributed by atoms with E-state index in [1.807, 2.05) is 6.92 Å². The van der Waals surface area contributed by atoms with Gasteiger partial charge in [0.15, 0.2) is 5.78 Å². The van der Waals surface area contributed by atoms with Crippen LogP contribution in [0.15, 0.2) is 0 Å². The summed E-state index contributed by atoms with van der Waals surface area (Å²) in [6.45, 7) is 7.26. The predicted molar refractivity (Wildman–Crippen MR) is 62.5 cm³/mol. The van der Waals surface area contributed by atoms with Gasteiger partial charge in [0.05, 0.1) is 18.8 Å². The van der Waals surface area contributed by atoms with Gasteiger partial charge >= 0.3 is 0 Å². The minimum Gasteiger partial charge on any atom is -0.379 e. The molecule has 0 aromatic rings. The average molecular weight is 226 g/mol. The molecule has 2 saturated heterocycles. The summed E-state index contributed by atoms with van der Waals surface area (Å²) in [6, 6.07) is 0. The number of rotatable bonds is 3. The SMILES string of the molecule is CCC(=O)C1(N2CCOCC2)CCNCC1. The summed E-state index contributed by atoms with van der Waals surface area (Å²) in [5.41, 5.74) is -0.191. The first-order chi connectivity index (χ1) is 7.79. The van der Waals surface area contributed by atoms with Crippen molar-refractivity contribution in [3.63, 3.8) is 0 Å². The summed E-state index contributed by atoms with van der Waals surface area (Å²) in [5, 5.41) is 3.35. The lowest BCUT2D eigenvalue weighted by atomic mass is 9.81. The second kappa shape index (κ2) is 5.25. The van der Waals surface area contributed by atoms with E-state index in [9.17, 15) is 4.79 Å². The van der Waals surface area contributed by atoms with Crippen molar-refractivity contribution in [2.45, 2.75) is 31.7 Å². The monoisotopic (exact) mass is 226 g/mol. The molecule has 2 heterocycles. The molecule has 2 fully saturated rings. The van der Waals surface area contributed by atoms with Crippen LogP contribution in [-0.4, -0.2) is 55.6 Å². The number of nitrogens with zero attached hydrogens (tertiary/aromatic N) is 1. The van der Waals surface area contributed by atoms with E-state index in [-0.39, 0.29) is 5.54 Å². The number of nitrogens with one attached hydrogen (secondary N) is 1. The number of piperidine rings is 1. The smallest absolute Gasteiger partial charge is 0.152 e. The van der Waals surface area contributed by atoms with E-state index < -0.39 is 0 Å². The highest BCUT2D eigenvalue weighted by atomic mass is 16.5. The number of hydrogen-bond acceptors (Lipinski definition) is 4. The van der Waals surface area contributed by atoms with Gasteiger partial charge in [-0.25, -0.2) is 0 Å². The molecule has 16 heavy (non-hydrogen) atoms. The van der Waals surface area contributed by atoms with E-state index in [4.69, 9.17) is 4.74 Å². The molecule has 4 nitrogen and oxygen atoms in total. The maximum absolute atomic E-state index is 12.3. The van der Waals surface area contributed by atoms with Gasteiger partial charge in [-0.15, -0.1) is 0 Å². The molecule has 0 spiro atoms. The molecular formula is C12H22N2O2. The Kier molecular flexibility index (Phi) is 3.95. The Labute approximate surface area is 97.3 Å². The van der Waals surface area contributed by atoms with Gasteiger partial charge in [0, 0.05) is 19.5 Å². The fraction of sp³-hybridized carbons (Fsp3) is 0.917. The van der Waals surface area contributed by atoms with Crippen LogP contribution in [0.5, 0.6) is 0 Å². The number of ether oxygens (including phenoxy) is 1. The molecule has 0 aliphatic carbocycles. The predicted octanol–water partition coefficient (Wildman–Crippen LogP) is 0.420. The Balaban J connectivity index is 2.14. The lowest BCUT2D eigenvalue weighted by Gasteiger charge is -2.46. The van der Waals surface area contributed by atoms with Crippen LogP contribution in [0.1, 0.15) is 26.2 Å². The zero-order chi connectivity index (χ0) is 11.4. The summed E-state index contributed by atoms with van der Waals surface area (Å²) in [7, 11) is 0. The molecule has 0 aromatic carbocycles.